The summed E-state index contributed by atoms with van der Waals surface area (Å²) in [6.45, 7) is 3.75. The number of benzene rings is 3. The van der Waals surface area contributed by atoms with Crippen molar-refractivity contribution in [3.8, 4) is 0 Å². The minimum absolute atomic E-state index is 0.334. The molecule has 3 rings (SSSR count). The molecule has 0 saturated carbocycles. The van der Waals surface area contributed by atoms with Crippen molar-refractivity contribution in [2.75, 3.05) is 7.11 Å². The van der Waals surface area contributed by atoms with Crippen molar-refractivity contribution in [1.29, 1.82) is 0 Å². The van der Waals surface area contributed by atoms with Crippen LogP contribution in [-0.2, 0) is 14.2 Å². The summed E-state index contributed by atoms with van der Waals surface area (Å²) in [4.78, 5) is 37.1. The number of carbonyl (C=O) groups excluding carboxylic acids is 3. The maximum absolute atomic E-state index is 12.8. The van der Waals surface area contributed by atoms with Gasteiger partial charge in [0.2, 0.25) is 0 Å². The van der Waals surface area contributed by atoms with Crippen LogP contribution >= 0.6 is 0 Å². The van der Waals surface area contributed by atoms with E-state index in [9.17, 15) is 14.4 Å². The number of methoxy groups -OCH3 is 1. The summed E-state index contributed by atoms with van der Waals surface area (Å²) in [5.41, 5.74) is 1.56. The van der Waals surface area contributed by atoms with Crippen LogP contribution in [0, 0.1) is 0 Å². The highest BCUT2D eigenvalue weighted by atomic mass is 16.6. The van der Waals surface area contributed by atoms with Gasteiger partial charge in [-0.3, -0.25) is 0 Å². The molecule has 0 radical (unpaired) electrons. The lowest BCUT2D eigenvalue weighted by Gasteiger charge is -2.25. The van der Waals surface area contributed by atoms with Crippen LogP contribution in [0.2, 0.25) is 0 Å². The highest BCUT2D eigenvalue weighted by Crippen LogP contribution is 2.27. The Labute approximate surface area is 186 Å². The average Bonchev–Trinajstić information content (AvgIpc) is 2.86. The van der Waals surface area contributed by atoms with E-state index >= 15 is 0 Å². The first-order valence-corrected chi connectivity index (χ1v) is 9.86. The van der Waals surface area contributed by atoms with Crippen LogP contribution in [0.4, 0.5) is 0 Å². The molecule has 0 saturated heterocycles. The molecule has 2 atom stereocenters. The van der Waals surface area contributed by atoms with Gasteiger partial charge in [-0.1, -0.05) is 55.1 Å². The molecule has 0 aliphatic rings. The SMILES string of the molecule is C=C[C@@H](OC(=O)c1ccccc1)[C@@H](OC(=O)c1ccccc1)c1ccc(C(=O)OC)cc1. The maximum Gasteiger partial charge on any atom is 0.338 e. The highest BCUT2D eigenvalue weighted by molar-refractivity contribution is 5.91. The predicted octanol–water partition coefficient (Wildman–Crippen LogP) is 4.78. The van der Waals surface area contributed by atoms with Gasteiger partial charge in [0, 0.05) is 0 Å². The van der Waals surface area contributed by atoms with E-state index in [1.165, 1.54) is 13.2 Å². The zero-order valence-electron chi connectivity index (χ0n) is 17.5. The number of hydrogen-bond donors (Lipinski definition) is 0. The molecule has 32 heavy (non-hydrogen) atoms. The summed E-state index contributed by atoms with van der Waals surface area (Å²) >= 11 is 0. The molecule has 0 amide bonds. The average molecular weight is 430 g/mol. The van der Waals surface area contributed by atoms with E-state index in [1.807, 2.05) is 0 Å². The first kappa shape index (κ1) is 22.5. The van der Waals surface area contributed by atoms with Crippen molar-refractivity contribution >= 4 is 17.9 Å². The third-order valence-corrected chi connectivity index (χ3v) is 4.69. The number of esters is 3. The van der Waals surface area contributed by atoms with Gasteiger partial charge >= 0.3 is 17.9 Å². The van der Waals surface area contributed by atoms with Crippen LogP contribution in [0.1, 0.15) is 42.7 Å². The highest BCUT2D eigenvalue weighted by Gasteiger charge is 2.29. The molecule has 6 nitrogen and oxygen atoms in total. The van der Waals surface area contributed by atoms with Gasteiger partial charge in [-0.05, 0) is 48.0 Å². The maximum atomic E-state index is 12.8. The lowest BCUT2D eigenvalue weighted by atomic mass is 10.0. The van der Waals surface area contributed by atoms with Gasteiger partial charge in [0.25, 0.3) is 0 Å². The summed E-state index contributed by atoms with van der Waals surface area (Å²) in [5, 5.41) is 0. The second kappa shape index (κ2) is 10.7. The largest absolute Gasteiger partial charge is 0.465 e. The summed E-state index contributed by atoms with van der Waals surface area (Å²) in [7, 11) is 1.29. The second-order valence-electron chi connectivity index (χ2n) is 6.78. The fourth-order valence-electron chi connectivity index (χ4n) is 3.01. The molecule has 0 aromatic heterocycles. The Morgan fingerprint density at radius 2 is 1.16 bits per heavy atom. The Morgan fingerprint density at radius 3 is 1.62 bits per heavy atom. The van der Waals surface area contributed by atoms with E-state index in [0.29, 0.717) is 22.3 Å². The molecule has 0 N–H and O–H groups in total. The van der Waals surface area contributed by atoms with E-state index in [0.717, 1.165) is 0 Å². The third-order valence-electron chi connectivity index (χ3n) is 4.69. The van der Waals surface area contributed by atoms with E-state index in [4.69, 9.17) is 14.2 Å². The lowest BCUT2D eigenvalue weighted by Crippen LogP contribution is -2.28. The number of hydrogen-bond acceptors (Lipinski definition) is 6. The van der Waals surface area contributed by atoms with Crippen molar-refractivity contribution in [1.82, 2.24) is 0 Å². The van der Waals surface area contributed by atoms with E-state index < -0.39 is 30.1 Å². The molecule has 0 fully saturated rings. The van der Waals surface area contributed by atoms with E-state index in [-0.39, 0.29) is 0 Å². The minimum Gasteiger partial charge on any atom is -0.465 e. The van der Waals surface area contributed by atoms with Crippen LogP contribution < -0.4 is 0 Å². The molecule has 3 aromatic carbocycles. The lowest BCUT2D eigenvalue weighted by molar-refractivity contribution is -0.0222. The van der Waals surface area contributed by atoms with Crippen molar-refractivity contribution < 1.29 is 28.6 Å². The Balaban J connectivity index is 1.90. The molecule has 0 bridgehead atoms. The number of carbonyl (C=O) groups is 3. The van der Waals surface area contributed by atoms with Gasteiger partial charge in [0.1, 0.15) is 0 Å². The Kier molecular flexibility index (Phi) is 7.54. The molecule has 0 aliphatic carbocycles. The number of ether oxygens (including phenoxy) is 3. The summed E-state index contributed by atoms with van der Waals surface area (Å²) in [6.07, 6.45) is -0.559. The molecular formula is C26H22O6. The quantitative estimate of drug-likeness (QED) is 0.291. The first-order chi connectivity index (χ1) is 15.5. The molecule has 3 aromatic rings. The Morgan fingerprint density at radius 1 is 0.688 bits per heavy atom. The topological polar surface area (TPSA) is 78.9 Å². The van der Waals surface area contributed by atoms with E-state index in [2.05, 4.69) is 6.58 Å². The fraction of sp³-hybridized carbons (Fsp3) is 0.115. The second-order valence-corrected chi connectivity index (χ2v) is 6.78. The van der Waals surface area contributed by atoms with Crippen molar-refractivity contribution in [2.24, 2.45) is 0 Å². The summed E-state index contributed by atoms with van der Waals surface area (Å²) in [6, 6.07) is 23.3. The van der Waals surface area contributed by atoms with Crippen LogP contribution in [0.15, 0.2) is 97.6 Å². The van der Waals surface area contributed by atoms with Crippen LogP contribution in [0.25, 0.3) is 0 Å². The molecular weight excluding hydrogens is 408 g/mol. The molecule has 0 aliphatic heterocycles. The summed E-state index contributed by atoms with van der Waals surface area (Å²) < 4.78 is 16.1. The van der Waals surface area contributed by atoms with Crippen LogP contribution in [0.3, 0.4) is 0 Å². The Hall–Kier alpha value is -4.19. The van der Waals surface area contributed by atoms with Crippen molar-refractivity contribution in [2.45, 2.75) is 12.2 Å². The standard InChI is InChI=1S/C26H22O6/c1-3-22(31-25(28)19-10-6-4-7-11-19)23(32-26(29)20-12-8-5-9-13-20)18-14-16-21(17-15-18)24(27)30-2/h3-17,22-23H,1H2,2H3/t22-,23+/m1/s1. The van der Waals surface area contributed by atoms with Crippen LogP contribution in [-0.4, -0.2) is 31.1 Å². The van der Waals surface area contributed by atoms with Gasteiger partial charge in [0.15, 0.2) is 12.2 Å². The molecule has 0 unspecified atom stereocenters. The van der Waals surface area contributed by atoms with Crippen molar-refractivity contribution in [3.05, 3.63) is 120 Å². The van der Waals surface area contributed by atoms with Gasteiger partial charge < -0.3 is 14.2 Å². The molecule has 0 spiro atoms. The first-order valence-electron chi connectivity index (χ1n) is 9.86. The predicted molar refractivity (Wildman–Crippen MR) is 118 cm³/mol. The normalized spacial score (nSPS) is 12.2. The summed E-state index contributed by atoms with van der Waals surface area (Å²) in [5.74, 6) is -1.66. The monoisotopic (exact) mass is 430 g/mol. The smallest absolute Gasteiger partial charge is 0.338 e. The molecule has 6 heteroatoms. The Bertz CT molecular complexity index is 1070. The van der Waals surface area contributed by atoms with Gasteiger partial charge in [-0.2, -0.15) is 0 Å². The molecule has 0 heterocycles. The fourth-order valence-corrected chi connectivity index (χ4v) is 3.01. The molecule has 162 valence electrons. The van der Waals surface area contributed by atoms with Crippen LogP contribution in [0.5, 0.6) is 0 Å². The number of rotatable bonds is 8. The zero-order chi connectivity index (χ0) is 22.9. The minimum atomic E-state index is -0.987. The van der Waals surface area contributed by atoms with Crippen molar-refractivity contribution in [3.63, 3.8) is 0 Å². The zero-order valence-corrected chi connectivity index (χ0v) is 17.5. The van der Waals surface area contributed by atoms with Gasteiger partial charge in [0.05, 0.1) is 23.8 Å². The van der Waals surface area contributed by atoms with Gasteiger partial charge in [-0.15, -0.1) is 0 Å². The third kappa shape index (κ3) is 5.49. The van der Waals surface area contributed by atoms with E-state index in [1.54, 1.807) is 84.9 Å². The van der Waals surface area contributed by atoms with Gasteiger partial charge in [-0.25, -0.2) is 14.4 Å².